The number of anilines is 2. The van der Waals surface area contributed by atoms with Crippen molar-refractivity contribution in [3.63, 3.8) is 0 Å². The number of aromatic nitrogens is 1. The maximum absolute atomic E-state index is 5.34. The molecule has 4 heteroatoms. The number of nitrogen functional groups attached to an aromatic ring is 1. The molecule has 2 rings (SSSR count). The second-order valence-corrected chi connectivity index (χ2v) is 3.89. The molecule has 0 unspecified atom stereocenters. The van der Waals surface area contributed by atoms with E-state index in [0.29, 0.717) is 5.82 Å². The summed E-state index contributed by atoms with van der Waals surface area (Å²) in [5.41, 5.74) is 4.90. The Morgan fingerprint density at radius 3 is 2.71 bits per heavy atom. The van der Waals surface area contributed by atoms with E-state index in [-0.39, 0.29) is 0 Å². The Kier molecular flexibility index (Phi) is 3.57. The van der Waals surface area contributed by atoms with E-state index in [1.807, 2.05) is 37.4 Å². The number of nitrogens with two attached hydrogens (primary N) is 1. The van der Waals surface area contributed by atoms with Gasteiger partial charge in [0.05, 0.1) is 0 Å². The third-order valence-electron chi connectivity index (χ3n) is 2.59. The van der Waals surface area contributed by atoms with Crippen LogP contribution in [-0.4, -0.2) is 12.0 Å². The van der Waals surface area contributed by atoms with Gasteiger partial charge in [-0.3, -0.25) is 0 Å². The molecule has 0 amide bonds. The molecule has 0 spiro atoms. The lowest BCUT2D eigenvalue weighted by Crippen LogP contribution is -2.17. The molecular weight excluding hydrogens is 212 g/mol. The van der Waals surface area contributed by atoms with Crippen LogP contribution in [0.25, 0.3) is 0 Å². The predicted molar refractivity (Wildman–Crippen MR) is 70.6 cm³/mol. The molecule has 0 fully saturated rings. The molecule has 0 bridgehead atoms. The van der Waals surface area contributed by atoms with E-state index >= 15 is 0 Å². The second kappa shape index (κ2) is 5.32. The van der Waals surface area contributed by atoms with Crippen LogP contribution in [0.15, 0.2) is 48.7 Å². The fraction of sp³-hybridized carbons (Fsp3) is 0.154. The van der Waals surface area contributed by atoms with Crippen LogP contribution in [0.4, 0.5) is 11.5 Å². The molecule has 1 aromatic carbocycles. The van der Waals surface area contributed by atoms with Gasteiger partial charge in [-0.15, -0.1) is 0 Å². The van der Waals surface area contributed by atoms with Crippen molar-refractivity contribution in [3.8, 4) is 0 Å². The van der Waals surface area contributed by atoms with Gasteiger partial charge in [0.2, 0.25) is 0 Å². The minimum atomic E-state index is 0.669. The fourth-order valence-electron chi connectivity index (χ4n) is 1.68. The summed E-state index contributed by atoms with van der Waals surface area (Å²) in [6.45, 7) is 0.856. The van der Waals surface area contributed by atoms with Crippen molar-refractivity contribution >= 4 is 11.5 Å². The van der Waals surface area contributed by atoms with Crippen LogP contribution < -0.4 is 16.2 Å². The van der Waals surface area contributed by atoms with Crippen molar-refractivity contribution in [2.75, 3.05) is 17.4 Å². The second-order valence-electron chi connectivity index (χ2n) is 3.89. The van der Waals surface area contributed by atoms with Crippen molar-refractivity contribution in [2.24, 2.45) is 5.84 Å². The summed E-state index contributed by atoms with van der Waals surface area (Å²) < 4.78 is 0. The summed E-state index contributed by atoms with van der Waals surface area (Å²) in [7, 11) is 2.04. The molecule has 17 heavy (non-hydrogen) atoms. The van der Waals surface area contributed by atoms with Crippen molar-refractivity contribution in [1.29, 1.82) is 0 Å². The first-order chi connectivity index (χ1) is 8.29. The van der Waals surface area contributed by atoms with Gasteiger partial charge < -0.3 is 10.3 Å². The average Bonchev–Trinajstić information content (AvgIpc) is 2.40. The van der Waals surface area contributed by atoms with E-state index < -0.39 is 0 Å². The molecule has 4 nitrogen and oxygen atoms in total. The monoisotopic (exact) mass is 228 g/mol. The van der Waals surface area contributed by atoms with E-state index in [1.54, 1.807) is 6.20 Å². The van der Waals surface area contributed by atoms with Gasteiger partial charge in [-0.05, 0) is 11.6 Å². The molecular formula is C13H16N4. The van der Waals surface area contributed by atoms with Gasteiger partial charge in [-0.2, -0.15) is 0 Å². The van der Waals surface area contributed by atoms with Crippen LogP contribution in [0, 0.1) is 0 Å². The number of nitrogens with one attached hydrogen (secondary N) is 1. The maximum atomic E-state index is 5.34. The van der Waals surface area contributed by atoms with Crippen molar-refractivity contribution in [2.45, 2.75) is 6.54 Å². The summed E-state index contributed by atoms with van der Waals surface area (Å²) in [4.78, 5) is 6.24. The number of rotatable bonds is 4. The minimum absolute atomic E-state index is 0.669. The van der Waals surface area contributed by atoms with Crippen LogP contribution in [0.1, 0.15) is 5.56 Å². The molecule has 0 saturated heterocycles. The SMILES string of the molecule is CN(Cc1ccccc1)c1ccnc(NN)c1. The standard InChI is InChI=1S/C13H16N4/c1-17(10-11-5-3-2-4-6-11)12-7-8-15-13(9-12)16-14/h2-9H,10,14H2,1H3,(H,15,16). The number of hydrogen-bond donors (Lipinski definition) is 2. The van der Waals surface area contributed by atoms with E-state index in [9.17, 15) is 0 Å². The summed E-state index contributed by atoms with van der Waals surface area (Å²) in [6.07, 6.45) is 1.74. The largest absolute Gasteiger partial charge is 0.370 e. The highest BCUT2D eigenvalue weighted by molar-refractivity contribution is 5.53. The average molecular weight is 228 g/mol. The zero-order chi connectivity index (χ0) is 12.1. The van der Waals surface area contributed by atoms with Gasteiger partial charge >= 0.3 is 0 Å². The van der Waals surface area contributed by atoms with Crippen LogP contribution in [-0.2, 0) is 6.54 Å². The Morgan fingerprint density at radius 2 is 2.00 bits per heavy atom. The first-order valence-electron chi connectivity index (χ1n) is 5.47. The molecule has 0 saturated carbocycles. The molecule has 1 heterocycles. The lowest BCUT2D eigenvalue weighted by Gasteiger charge is -2.19. The zero-order valence-corrected chi connectivity index (χ0v) is 9.80. The van der Waals surface area contributed by atoms with Gasteiger partial charge in [0, 0.05) is 31.5 Å². The van der Waals surface area contributed by atoms with Gasteiger partial charge in [0.15, 0.2) is 0 Å². The third kappa shape index (κ3) is 2.95. The molecule has 0 aliphatic heterocycles. The van der Waals surface area contributed by atoms with Gasteiger partial charge in [0.25, 0.3) is 0 Å². The number of benzene rings is 1. The third-order valence-corrected chi connectivity index (χ3v) is 2.59. The highest BCUT2D eigenvalue weighted by atomic mass is 15.2. The Labute approximate surface area is 101 Å². The molecule has 0 radical (unpaired) electrons. The molecule has 2 aromatic rings. The summed E-state index contributed by atoms with van der Waals surface area (Å²) >= 11 is 0. The maximum Gasteiger partial charge on any atom is 0.141 e. The lowest BCUT2D eigenvalue weighted by molar-refractivity contribution is 0.921. The first kappa shape index (κ1) is 11.4. The molecule has 1 aromatic heterocycles. The molecule has 0 aliphatic rings. The van der Waals surface area contributed by atoms with Crippen LogP contribution in [0.3, 0.4) is 0 Å². The predicted octanol–water partition coefficient (Wildman–Crippen LogP) is 2.00. The molecule has 0 aliphatic carbocycles. The van der Waals surface area contributed by atoms with Gasteiger partial charge in [0.1, 0.15) is 5.82 Å². The number of hydrogen-bond acceptors (Lipinski definition) is 4. The first-order valence-corrected chi connectivity index (χ1v) is 5.47. The quantitative estimate of drug-likeness (QED) is 0.621. The Morgan fingerprint density at radius 1 is 1.24 bits per heavy atom. The van der Waals surface area contributed by atoms with Gasteiger partial charge in [-0.1, -0.05) is 30.3 Å². The van der Waals surface area contributed by atoms with E-state index in [1.165, 1.54) is 5.56 Å². The van der Waals surface area contributed by atoms with Crippen LogP contribution in [0.2, 0.25) is 0 Å². The lowest BCUT2D eigenvalue weighted by atomic mass is 10.2. The smallest absolute Gasteiger partial charge is 0.141 e. The number of nitrogens with zero attached hydrogens (tertiary/aromatic N) is 2. The highest BCUT2D eigenvalue weighted by Crippen LogP contribution is 2.17. The minimum Gasteiger partial charge on any atom is -0.370 e. The van der Waals surface area contributed by atoms with E-state index in [2.05, 4.69) is 27.4 Å². The van der Waals surface area contributed by atoms with Crippen molar-refractivity contribution < 1.29 is 0 Å². The van der Waals surface area contributed by atoms with Crippen LogP contribution >= 0.6 is 0 Å². The molecule has 3 N–H and O–H groups in total. The fourth-order valence-corrected chi connectivity index (χ4v) is 1.68. The number of pyridine rings is 1. The summed E-state index contributed by atoms with van der Waals surface area (Å²) in [5.74, 6) is 6.01. The van der Waals surface area contributed by atoms with Crippen molar-refractivity contribution in [1.82, 2.24) is 4.98 Å². The van der Waals surface area contributed by atoms with Gasteiger partial charge in [-0.25, -0.2) is 10.8 Å². The zero-order valence-electron chi connectivity index (χ0n) is 9.80. The molecule has 0 atom stereocenters. The van der Waals surface area contributed by atoms with E-state index in [4.69, 9.17) is 5.84 Å². The van der Waals surface area contributed by atoms with E-state index in [0.717, 1.165) is 12.2 Å². The summed E-state index contributed by atoms with van der Waals surface area (Å²) in [6, 6.07) is 14.2. The summed E-state index contributed by atoms with van der Waals surface area (Å²) in [5, 5.41) is 0. The van der Waals surface area contributed by atoms with Crippen LogP contribution in [0.5, 0.6) is 0 Å². The molecule has 88 valence electrons. The van der Waals surface area contributed by atoms with Crippen molar-refractivity contribution in [3.05, 3.63) is 54.2 Å². The number of hydrazine groups is 1. The topological polar surface area (TPSA) is 54.2 Å². The normalized spacial score (nSPS) is 10.0. The Bertz CT molecular complexity index is 470. The Balaban J connectivity index is 2.11. The Hall–Kier alpha value is -2.07. The highest BCUT2D eigenvalue weighted by Gasteiger charge is 2.02.